The smallest absolute Gasteiger partial charge is 0.243 e. The minimum atomic E-state index is 0.349. The molecule has 0 aliphatic carbocycles. The lowest BCUT2D eigenvalue weighted by molar-refractivity contribution is 0.413. The Morgan fingerprint density at radius 3 is 2.78 bits per heavy atom. The summed E-state index contributed by atoms with van der Waals surface area (Å²) in [5.41, 5.74) is 0.644. The first-order valence-electron chi connectivity index (χ1n) is 5.22. The molecule has 92 valence electrons. The highest BCUT2D eigenvalue weighted by molar-refractivity contribution is 5.91. The predicted octanol–water partition coefficient (Wildman–Crippen LogP) is 1.63. The Labute approximate surface area is 102 Å². The molecule has 0 spiro atoms. The monoisotopic (exact) mass is 246 g/mol. The molecule has 0 unspecified atom stereocenters. The first-order chi connectivity index (χ1) is 8.83. The minimum Gasteiger partial charge on any atom is -0.497 e. The summed E-state index contributed by atoms with van der Waals surface area (Å²) in [7, 11) is 3.17. The summed E-state index contributed by atoms with van der Waals surface area (Å²) in [6.07, 6.45) is 0. The second-order valence-electron chi connectivity index (χ2n) is 3.56. The molecule has 0 aliphatic heterocycles. The van der Waals surface area contributed by atoms with Gasteiger partial charge in [-0.2, -0.15) is 5.21 Å². The summed E-state index contributed by atoms with van der Waals surface area (Å²) in [6, 6.07) is 5.47. The molecule has 1 aromatic carbocycles. The number of tetrazole rings is 1. The van der Waals surface area contributed by atoms with E-state index in [2.05, 4.69) is 20.6 Å². The zero-order valence-electron chi connectivity index (χ0n) is 9.80. The highest BCUT2D eigenvalue weighted by Gasteiger charge is 2.20. The van der Waals surface area contributed by atoms with Gasteiger partial charge in [0.15, 0.2) is 5.75 Å². The molecular weight excluding hydrogens is 236 g/mol. The van der Waals surface area contributed by atoms with Gasteiger partial charge < -0.3 is 13.9 Å². The molecule has 0 saturated heterocycles. The van der Waals surface area contributed by atoms with E-state index in [0.29, 0.717) is 28.7 Å². The number of hydrogen-bond donors (Lipinski definition) is 1. The maximum Gasteiger partial charge on any atom is 0.243 e. The zero-order chi connectivity index (χ0) is 12.5. The molecule has 0 fully saturated rings. The third-order valence-corrected chi connectivity index (χ3v) is 2.60. The van der Waals surface area contributed by atoms with Gasteiger partial charge >= 0.3 is 0 Å². The van der Waals surface area contributed by atoms with Gasteiger partial charge in [-0.05, 0) is 17.3 Å². The van der Waals surface area contributed by atoms with Gasteiger partial charge in [-0.3, -0.25) is 0 Å². The first kappa shape index (κ1) is 10.6. The third kappa shape index (κ3) is 1.48. The summed E-state index contributed by atoms with van der Waals surface area (Å²) in [5.74, 6) is 2.07. The Balaban J connectivity index is 2.26. The van der Waals surface area contributed by atoms with Crippen molar-refractivity contribution < 1.29 is 13.9 Å². The van der Waals surface area contributed by atoms with Crippen molar-refractivity contribution in [3.8, 4) is 23.1 Å². The number of nitrogens with zero attached hydrogens (tertiary/aromatic N) is 3. The average Bonchev–Trinajstić information content (AvgIpc) is 3.04. The number of furan rings is 1. The Kier molecular flexibility index (Phi) is 2.36. The largest absolute Gasteiger partial charge is 0.497 e. The summed E-state index contributed by atoms with van der Waals surface area (Å²) >= 11 is 0. The highest BCUT2D eigenvalue weighted by atomic mass is 16.5. The highest BCUT2D eigenvalue weighted by Crippen LogP contribution is 2.39. The SMILES string of the molecule is COc1ccc2c(OC)c(-c3nn[nH]n3)oc2c1. The van der Waals surface area contributed by atoms with Crippen molar-refractivity contribution in [3.63, 3.8) is 0 Å². The van der Waals surface area contributed by atoms with Gasteiger partial charge in [0, 0.05) is 6.07 Å². The Hall–Kier alpha value is -2.57. The molecule has 2 aromatic heterocycles. The van der Waals surface area contributed by atoms with Crippen molar-refractivity contribution in [3.05, 3.63) is 18.2 Å². The van der Waals surface area contributed by atoms with Crippen LogP contribution >= 0.6 is 0 Å². The van der Waals surface area contributed by atoms with E-state index in [-0.39, 0.29) is 0 Å². The lowest BCUT2D eigenvalue weighted by Gasteiger charge is -1.98. The fraction of sp³-hybridized carbons (Fsp3) is 0.182. The van der Waals surface area contributed by atoms with Gasteiger partial charge in [-0.15, -0.1) is 10.2 Å². The molecule has 0 saturated carbocycles. The van der Waals surface area contributed by atoms with E-state index in [1.165, 1.54) is 0 Å². The molecule has 2 heterocycles. The predicted molar refractivity (Wildman–Crippen MR) is 62.5 cm³/mol. The van der Waals surface area contributed by atoms with Crippen LogP contribution in [-0.4, -0.2) is 34.8 Å². The Morgan fingerprint density at radius 1 is 1.22 bits per heavy atom. The van der Waals surface area contributed by atoms with Crippen molar-refractivity contribution in [2.75, 3.05) is 14.2 Å². The molecule has 7 heteroatoms. The number of benzene rings is 1. The van der Waals surface area contributed by atoms with E-state index >= 15 is 0 Å². The number of fused-ring (bicyclic) bond motifs is 1. The van der Waals surface area contributed by atoms with Crippen LogP contribution in [0.3, 0.4) is 0 Å². The van der Waals surface area contributed by atoms with Gasteiger partial charge in [-0.1, -0.05) is 0 Å². The summed E-state index contributed by atoms with van der Waals surface area (Å²) in [5, 5.41) is 14.5. The quantitative estimate of drug-likeness (QED) is 0.755. The number of ether oxygens (including phenoxy) is 2. The van der Waals surface area contributed by atoms with Crippen LogP contribution in [0.15, 0.2) is 22.6 Å². The van der Waals surface area contributed by atoms with E-state index in [4.69, 9.17) is 13.9 Å². The lowest BCUT2D eigenvalue weighted by Crippen LogP contribution is -1.86. The van der Waals surface area contributed by atoms with E-state index in [9.17, 15) is 0 Å². The second kappa shape index (κ2) is 4.02. The zero-order valence-corrected chi connectivity index (χ0v) is 9.80. The van der Waals surface area contributed by atoms with Crippen molar-refractivity contribution in [2.45, 2.75) is 0 Å². The maximum absolute atomic E-state index is 5.69. The van der Waals surface area contributed by atoms with Crippen LogP contribution in [0, 0.1) is 0 Å². The normalized spacial score (nSPS) is 10.8. The molecule has 0 aliphatic rings. The summed E-state index contributed by atoms with van der Waals surface area (Å²) < 4.78 is 16.2. The van der Waals surface area contributed by atoms with E-state index < -0.39 is 0 Å². The van der Waals surface area contributed by atoms with Crippen LogP contribution in [0.25, 0.3) is 22.6 Å². The van der Waals surface area contributed by atoms with Crippen molar-refractivity contribution in [1.29, 1.82) is 0 Å². The van der Waals surface area contributed by atoms with Crippen LogP contribution in [0.5, 0.6) is 11.5 Å². The van der Waals surface area contributed by atoms with Crippen molar-refractivity contribution >= 4 is 11.0 Å². The first-order valence-corrected chi connectivity index (χ1v) is 5.22. The maximum atomic E-state index is 5.69. The number of rotatable bonds is 3. The van der Waals surface area contributed by atoms with Gasteiger partial charge in [0.05, 0.1) is 19.6 Å². The van der Waals surface area contributed by atoms with E-state index in [1.54, 1.807) is 20.3 Å². The number of aromatic nitrogens is 4. The molecule has 18 heavy (non-hydrogen) atoms. The molecule has 3 rings (SSSR count). The van der Waals surface area contributed by atoms with Crippen LogP contribution in [-0.2, 0) is 0 Å². The molecule has 0 bridgehead atoms. The van der Waals surface area contributed by atoms with Gasteiger partial charge in [0.25, 0.3) is 0 Å². The van der Waals surface area contributed by atoms with Crippen molar-refractivity contribution in [2.24, 2.45) is 0 Å². The molecule has 0 atom stereocenters. The number of nitrogens with one attached hydrogen (secondary N) is 1. The van der Waals surface area contributed by atoms with Crippen LogP contribution in [0.4, 0.5) is 0 Å². The summed E-state index contributed by atoms with van der Waals surface area (Å²) in [6.45, 7) is 0. The standard InChI is InChI=1S/C11H10N4O3/c1-16-6-3-4-7-8(5-6)18-10(9(7)17-2)11-12-14-15-13-11/h3-5H,1-2H3,(H,12,13,14,15). The second-order valence-corrected chi connectivity index (χ2v) is 3.56. The molecular formula is C11H10N4O3. The van der Waals surface area contributed by atoms with Crippen molar-refractivity contribution in [1.82, 2.24) is 20.6 Å². The molecule has 1 N–H and O–H groups in total. The average molecular weight is 246 g/mol. The minimum absolute atomic E-state index is 0.349. The Bertz CT molecular complexity index is 675. The van der Waals surface area contributed by atoms with Gasteiger partial charge in [0.1, 0.15) is 11.3 Å². The fourth-order valence-corrected chi connectivity index (χ4v) is 1.79. The number of hydrogen-bond acceptors (Lipinski definition) is 6. The molecule has 3 aromatic rings. The Morgan fingerprint density at radius 2 is 2.11 bits per heavy atom. The molecule has 0 radical (unpaired) electrons. The van der Waals surface area contributed by atoms with E-state index in [1.807, 2.05) is 12.1 Å². The van der Waals surface area contributed by atoms with Crippen LogP contribution in [0.1, 0.15) is 0 Å². The fourth-order valence-electron chi connectivity index (χ4n) is 1.79. The molecule has 7 nitrogen and oxygen atoms in total. The van der Waals surface area contributed by atoms with Crippen LogP contribution in [0.2, 0.25) is 0 Å². The lowest BCUT2D eigenvalue weighted by atomic mass is 10.2. The number of aromatic amines is 1. The van der Waals surface area contributed by atoms with Gasteiger partial charge in [-0.25, -0.2) is 0 Å². The van der Waals surface area contributed by atoms with Crippen LogP contribution < -0.4 is 9.47 Å². The van der Waals surface area contributed by atoms with Gasteiger partial charge in [0.2, 0.25) is 11.6 Å². The van der Waals surface area contributed by atoms with E-state index in [0.717, 1.165) is 5.39 Å². The number of methoxy groups -OCH3 is 2. The summed E-state index contributed by atoms with van der Waals surface area (Å²) in [4.78, 5) is 0. The number of H-pyrrole nitrogens is 1. The third-order valence-electron chi connectivity index (χ3n) is 2.60. The topological polar surface area (TPSA) is 86.1 Å². The molecule has 0 amide bonds.